The Labute approximate surface area is 231 Å². The molecule has 1 aromatic heterocycles. The van der Waals surface area contributed by atoms with Gasteiger partial charge < -0.3 is 25.0 Å². The molecule has 2 heterocycles. The minimum absolute atomic E-state index is 0.0613. The third kappa shape index (κ3) is 6.56. The lowest BCUT2D eigenvalue weighted by Gasteiger charge is -2.25. The highest BCUT2D eigenvalue weighted by atomic mass is 35.5. The minimum Gasteiger partial charge on any atom is -0.494 e. The lowest BCUT2D eigenvalue weighted by molar-refractivity contribution is -0.111. The molecule has 12 heteroatoms. The summed E-state index contributed by atoms with van der Waals surface area (Å²) in [5.41, 5.74) is 2.56. The number of amides is 1. The maximum atomic E-state index is 14.1. The Morgan fingerprint density at radius 3 is 2.82 bits per heavy atom. The van der Waals surface area contributed by atoms with Crippen molar-refractivity contribution in [2.45, 2.75) is 12.5 Å². The quantitative estimate of drug-likeness (QED) is 0.312. The number of rotatable bonds is 11. The number of ether oxygens (including phenoxy) is 2. The van der Waals surface area contributed by atoms with Crippen LogP contribution in [0.1, 0.15) is 18.0 Å². The van der Waals surface area contributed by atoms with E-state index < -0.39 is 5.82 Å². The fraction of sp³-hybridized carbons (Fsp3) is 0.296. The van der Waals surface area contributed by atoms with Crippen LogP contribution < -0.4 is 25.3 Å². The summed E-state index contributed by atoms with van der Waals surface area (Å²) in [4.78, 5) is 28.7. The number of nitrogens with zero attached hydrogens (tertiary/aromatic N) is 4. The summed E-state index contributed by atoms with van der Waals surface area (Å²) < 4.78 is 25.0. The van der Waals surface area contributed by atoms with E-state index in [1.54, 1.807) is 37.5 Å². The zero-order valence-corrected chi connectivity index (χ0v) is 22.7. The van der Waals surface area contributed by atoms with Crippen LogP contribution in [0.5, 0.6) is 5.75 Å². The summed E-state index contributed by atoms with van der Waals surface area (Å²) in [5.74, 6) is 0.622. The van der Waals surface area contributed by atoms with Gasteiger partial charge in [0.1, 0.15) is 23.7 Å². The van der Waals surface area contributed by atoms with Crippen molar-refractivity contribution in [3.8, 4) is 5.75 Å². The molecule has 39 heavy (non-hydrogen) atoms. The highest BCUT2D eigenvalue weighted by Gasteiger charge is 2.30. The van der Waals surface area contributed by atoms with Crippen LogP contribution in [0, 0.1) is 5.82 Å². The molecule has 0 saturated carbocycles. The van der Waals surface area contributed by atoms with Gasteiger partial charge in [-0.3, -0.25) is 9.63 Å². The number of hydroxylamine groups is 1. The third-order valence-electron chi connectivity index (χ3n) is 6.18. The van der Waals surface area contributed by atoms with Crippen molar-refractivity contribution in [1.82, 2.24) is 9.97 Å². The van der Waals surface area contributed by atoms with Crippen LogP contribution in [0.3, 0.4) is 0 Å². The van der Waals surface area contributed by atoms with Gasteiger partial charge in [-0.2, -0.15) is 0 Å². The van der Waals surface area contributed by atoms with E-state index >= 15 is 0 Å². The van der Waals surface area contributed by atoms with Gasteiger partial charge in [0.25, 0.3) is 0 Å². The number of benzene rings is 2. The Hall–Kier alpha value is -3.93. The predicted molar refractivity (Wildman–Crippen MR) is 149 cm³/mol. The number of nitrogens with one attached hydrogen (secondary N) is 2. The largest absolute Gasteiger partial charge is 0.494 e. The van der Waals surface area contributed by atoms with E-state index in [-0.39, 0.29) is 17.0 Å². The number of carbonyl (C=O) groups is 1. The van der Waals surface area contributed by atoms with Crippen LogP contribution in [0.4, 0.5) is 33.1 Å². The van der Waals surface area contributed by atoms with Gasteiger partial charge in [-0.25, -0.2) is 19.4 Å². The second kappa shape index (κ2) is 12.7. The first-order valence-electron chi connectivity index (χ1n) is 12.2. The maximum Gasteiger partial charge on any atom is 0.247 e. The van der Waals surface area contributed by atoms with Crippen LogP contribution >= 0.6 is 11.6 Å². The van der Waals surface area contributed by atoms with Crippen LogP contribution in [-0.2, 0) is 14.4 Å². The van der Waals surface area contributed by atoms with Gasteiger partial charge in [-0.15, -0.1) is 0 Å². The molecule has 0 bridgehead atoms. The normalized spacial score (nSPS) is 14.7. The molecule has 10 nitrogen and oxygen atoms in total. The van der Waals surface area contributed by atoms with Gasteiger partial charge >= 0.3 is 0 Å². The topological polar surface area (TPSA) is 101 Å². The summed E-state index contributed by atoms with van der Waals surface area (Å²) >= 11 is 5.86. The lowest BCUT2D eigenvalue weighted by atomic mass is 10.0. The third-order valence-corrected chi connectivity index (χ3v) is 6.48. The molecule has 2 aromatic carbocycles. The molecule has 206 valence electrons. The van der Waals surface area contributed by atoms with Gasteiger partial charge in [-0.1, -0.05) is 24.2 Å². The van der Waals surface area contributed by atoms with Gasteiger partial charge in [0.05, 0.1) is 48.5 Å². The van der Waals surface area contributed by atoms with Crippen molar-refractivity contribution in [3.63, 3.8) is 0 Å². The highest BCUT2D eigenvalue weighted by molar-refractivity contribution is 6.30. The molecule has 2 N–H and O–H groups in total. The average molecular weight is 557 g/mol. The standard InChI is InChI=1S/C27H30ClFN6O4/c1-5-27(36)33-20-13-21(24(38-4)14-23(20)34(2)9-11-37-3)32-25-15-26(31-16-30-25)35-22(8-10-39-35)17-6-7-18(28)19(29)12-17/h5-7,12-16,22H,1,8-11H2,2-4H3,(H,33,36)(H,30,31,32). The van der Waals surface area contributed by atoms with Crippen molar-refractivity contribution >= 4 is 46.2 Å². The smallest absolute Gasteiger partial charge is 0.247 e. The van der Waals surface area contributed by atoms with E-state index in [1.165, 1.54) is 24.5 Å². The zero-order chi connectivity index (χ0) is 27.9. The number of likely N-dealkylation sites (N-methyl/N-ethyl adjacent to an activating group) is 1. The summed E-state index contributed by atoms with van der Waals surface area (Å²) in [6, 6.07) is 9.74. The number of hydrogen-bond acceptors (Lipinski definition) is 9. The van der Waals surface area contributed by atoms with Gasteiger partial charge in [0.2, 0.25) is 5.91 Å². The second-order valence-corrected chi connectivity index (χ2v) is 9.11. The first-order chi connectivity index (χ1) is 18.8. The Kier molecular flexibility index (Phi) is 9.18. The van der Waals surface area contributed by atoms with Gasteiger partial charge in [0.15, 0.2) is 5.82 Å². The molecule has 1 fully saturated rings. The summed E-state index contributed by atoms with van der Waals surface area (Å²) in [5, 5.41) is 7.79. The van der Waals surface area contributed by atoms with E-state index in [0.29, 0.717) is 54.9 Å². The maximum absolute atomic E-state index is 14.1. The monoisotopic (exact) mass is 556 g/mol. The first kappa shape index (κ1) is 28.1. The van der Waals surface area contributed by atoms with E-state index in [1.807, 2.05) is 18.0 Å². The lowest BCUT2D eigenvalue weighted by Crippen LogP contribution is -2.24. The molecule has 0 spiro atoms. The fourth-order valence-electron chi connectivity index (χ4n) is 4.18. The average Bonchev–Trinajstić information content (AvgIpc) is 3.43. The second-order valence-electron chi connectivity index (χ2n) is 8.70. The number of carbonyl (C=O) groups excluding carboxylic acids is 1. The molecular formula is C27H30ClFN6O4. The number of halogens is 2. The minimum atomic E-state index is -0.492. The van der Waals surface area contributed by atoms with Crippen LogP contribution in [0.25, 0.3) is 0 Å². The van der Waals surface area contributed by atoms with Crippen molar-refractivity contribution in [3.05, 3.63) is 71.8 Å². The number of methoxy groups -OCH3 is 2. The Morgan fingerprint density at radius 1 is 1.28 bits per heavy atom. The van der Waals surface area contributed by atoms with Crippen molar-refractivity contribution in [2.75, 3.05) is 61.6 Å². The van der Waals surface area contributed by atoms with Crippen molar-refractivity contribution < 1.29 is 23.5 Å². The summed E-state index contributed by atoms with van der Waals surface area (Å²) in [7, 11) is 5.07. The molecule has 0 aliphatic carbocycles. The Bertz CT molecular complexity index is 1340. The van der Waals surface area contributed by atoms with Crippen molar-refractivity contribution in [1.29, 1.82) is 0 Å². The molecule has 1 aliphatic heterocycles. The van der Waals surface area contributed by atoms with E-state index in [9.17, 15) is 9.18 Å². The Balaban J connectivity index is 1.64. The molecule has 3 aromatic rings. The van der Waals surface area contributed by atoms with Gasteiger partial charge in [0, 0.05) is 39.3 Å². The molecule has 1 atom stereocenters. The highest BCUT2D eigenvalue weighted by Crippen LogP contribution is 2.39. The molecule has 1 unspecified atom stereocenters. The molecule has 4 rings (SSSR count). The van der Waals surface area contributed by atoms with Crippen LogP contribution in [0.15, 0.2) is 55.4 Å². The zero-order valence-electron chi connectivity index (χ0n) is 21.9. The molecule has 1 amide bonds. The fourth-order valence-corrected chi connectivity index (χ4v) is 4.29. The first-order valence-corrected chi connectivity index (χ1v) is 12.5. The molecule has 0 radical (unpaired) electrons. The van der Waals surface area contributed by atoms with E-state index in [4.69, 9.17) is 25.9 Å². The van der Waals surface area contributed by atoms with Crippen LogP contribution in [-0.4, -0.2) is 56.9 Å². The predicted octanol–water partition coefficient (Wildman–Crippen LogP) is 5.11. The molecule has 1 aliphatic rings. The van der Waals surface area contributed by atoms with E-state index in [0.717, 1.165) is 11.3 Å². The number of aromatic nitrogens is 2. The SMILES string of the molecule is C=CC(=O)Nc1cc(Nc2cc(N3OCCC3c3ccc(Cl)c(F)c3)ncn2)c(OC)cc1N(C)CCOC. The van der Waals surface area contributed by atoms with Gasteiger partial charge in [-0.05, 0) is 29.8 Å². The summed E-state index contributed by atoms with van der Waals surface area (Å²) in [6.45, 7) is 5.08. The van der Waals surface area contributed by atoms with E-state index in [2.05, 4.69) is 27.2 Å². The van der Waals surface area contributed by atoms with Crippen molar-refractivity contribution in [2.24, 2.45) is 0 Å². The summed E-state index contributed by atoms with van der Waals surface area (Å²) in [6.07, 6.45) is 3.25. The number of hydrogen-bond donors (Lipinski definition) is 2. The number of anilines is 5. The van der Waals surface area contributed by atoms with Crippen LogP contribution in [0.2, 0.25) is 5.02 Å². The molecule has 1 saturated heterocycles. The Morgan fingerprint density at radius 2 is 2.10 bits per heavy atom. The molecular weight excluding hydrogens is 527 g/mol.